The van der Waals surface area contributed by atoms with Crippen LogP contribution < -0.4 is 9.47 Å². The van der Waals surface area contributed by atoms with Crippen molar-refractivity contribution >= 4 is 11.6 Å². The summed E-state index contributed by atoms with van der Waals surface area (Å²) in [5, 5.41) is 0. The van der Waals surface area contributed by atoms with Crippen molar-refractivity contribution in [3.63, 3.8) is 0 Å². The zero-order chi connectivity index (χ0) is 10.7. The quantitative estimate of drug-likeness (QED) is 0.667. The van der Waals surface area contributed by atoms with Crippen LogP contribution in [0.25, 0.3) is 5.95 Å². The number of hydrogen-bond acceptors (Lipinski definition) is 1. The molecule has 5 heteroatoms. The second-order valence-electron chi connectivity index (χ2n) is 2.91. The Morgan fingerprint density at radius 2 is 1.64 bits per heavy atom. The molecule has 0 aliphatic rings. The van der Waals surface area contributed by atoms with Gasteiger partial charge in [-0.1, -0.05) is 0 Å². The molecule has 0 spiro atoms. The molecular formula is C9H10F3N2+. The molecular weight excluding hydrogens is 193 g/mol. The van der Waals surface area contributed by atoms with E-state index >= 15 is 0 Å². The normalized spacial score (nSPS) is 9.79. The number of anilines is 1. The van der Waals surface area contributed by atoms with Crippen molar-refractivity contribution in [2.75, 3.05) is 19.0 Å². The first-order chi connectivity index (χ1) is 6.52. The van der Waals surface area contributed by atoms with Gasteiger partial charge in [0.1, 0.15) is 0 Å². The van der Waals surface area contributed by atoms with Crippen molar-refractivity contribution in [2.45, 2.75) is 0 Å². The average Bonchev–Trinajstić information content (AvgIpc) is 2.16. The lowest BCUT2D eigenvalue weighted by Gasteiger charge is -2.09. The highest BCUT2D eigenvalue weighted by Crippen LogP contribution is 2.11. The summed E-state index contributed by atoms with van der Waals surface area (Å²) in [6.45, 7) is 0. The van der Waals surface area contributed by atoms with Gasteiger partial charge >= 0.3 is 12.0 Å². The molecule has 0 radical (unpaired) electrons. The second-order valence-corrected chi connectivity index (χ2v) is 2.91. The molecule has 0 bridgehead atoms. The summed E-state index contributed by atoms with van der Waals surface area (Å²) in [6.07, 6.45) is 0.154. The Hall–Kier alpha value is -1.52. The second kappa shape index (κ2) is 4.13. The molecule has 0 fully saturated rings. The van der Waals surface area contributed by atoms with Crippen LogP contribution in [0.15, 0.2) is 30.6 Å². The Morgan fingerprint density at radius 3 is 2.00 bits per heavy atom. The van der Waals surface area contributed by atoms with Crippen LogP contribution in [-0.4, -0.2) is 14.1 Å². The van der Waals surface area contributed by atoms with Gasteiger partial charge in [0, 0.05) is 31.9 Å². The fraction of sp³-hybridized carbons (Fsp3) is 0.222. The highest BCUT2D eigenvalue weighted by molar-refractivity contribution is 5.42. The SMILES string of the molecule is CN(C)c1cc[n+](C(F)=C(F)F)cc1. The van der Waals surface area contributed by atoms with E-state index in [1.165, 1.54) is 12.4 Å². The first-order valence-corrected chi connectivity index (χ1v) is 3.92. The van der Waals surface area contributed by atoms with E-state index in [1.807, 2.05) is 14.1 Å². The number of nitrogens with zero attached hydrogens (tertiary/aromatic N) is 2. The molecule has 1 aromatic heterocycles. The monoisotopic (exact) mass is 203 g/mol. The molecule has 76 valence electrons. The third-order valence-corrected chi connectivity index (χ3v) is 1.71. The van der Waals surface area contributed by atoms with Crippen LogP contribution in [0.2, 0.25) is 0 Å². The van der Waals surface area contributed by atoms with Gasteiger partial charge in [0.25, 0.3) is 0 Å². The lowest BCUT2D eigenvalue weighted by molar-refractivity contribution is -0.595. The van der Waals surface area contributed by atoms with Gasteiger partial charge in [-0.2, -0.15) is 8.78 Å². The highest BCUT2D eigenvalue weighted by Gasteiger charge is 2.16. The number of rotatable bonds is 2. The zero-order valence-corrected chi connectivity index (χ0v) is 7.84. The fourth-order valence-corrected chi connectivity index (χ4v) is 0.945. The molecule has 1 heterocycles. The first-order valence-electron chi connectivity index (χ1n) is 3.92. The molecule has 0 saturated carbocycles. The minimum Gasteiger partial charge on any atom is -0.377 e. The summed E-state index contributed by atoms with van der Waals surface area (Å²) in [5.41, 5.74) is 0.813. The fourth-order valence-electron chi connectivity index (χ4n) is 0.945. The third-order valence-electron chi connectivity index (χ3n) is 1.71. The van der Waals surface area contributed by atoms with Crippen LogP contribution in [0.5, 0.6) is 0 Å². The summed E-state index contributed by atoms with van der Waals surface area (Å²) >= 11 is 0. The Labute approximate surface area is 79.9 Å². The Bertz CT molecular complexity index is 340. The summed E-state index contributed by atoms with van der Waals surface area (Å²) in [6, 6.07) is 3.09. The van der Waals surface area contributed by atoms with Crippen molar-refractivity contribution in [2.24, 2.45) is 0 Å². The summed E-state index contributed by atoms with van der Waals surface area (Å²) < 4.78 is 37.1. The summed E-state index contributed by atoms with van der Waals surface area (Å²) in [4.78, 5) is 1.79. The van der Waals surface area contributed by atoms with Crippen LogP contribution >= 0.6 is 0 Å². The maximum atomic E-state index is 12.7. The lowest BCUT2D eigenvalue weighted by atomic mass is 10.4. The number of hydrogen-bond donors (Lipinski definition) is 0. The van der Waals surface area contributed by atoms with Gasteiger partial charge in [-0.15, -0.1) is 8.96 Å². The molecule has 1 rings (SSSR count). The van der Waals surface area contributed by atoms with Crippen molar-refractivity contribution in [3.8, 4) is 0 Å². The molecule has 2 nitrogen and oxygen atoms in total. The molecule has 0 aromatic carbocycles. The van der Waals surface area contributed by atoms with Crippen LogP contribution in [0.4, 0.5) is 18.9 Å². The predicted molar refractivity (Wildman–Crippen MR) is 47.5 cm³/mol. The van der Waals surface area contributed by atoms with E-state index in [0.29, 0.717) is 0 Å². The van der Waals surface area contributed by atoms with Crippen LogP contribution in [0.1, 0.15) is 0 Å². The number of pyridine rings is 1. The molecule has 0 atom stereocenters. The number of aromatic nitrogens is 1. The Morgan fingerprint density at radius 1 is 1.14 bits per heavy atom. The Kier molecular flexibility index (Phi) is 3.11. The maximum Gasteiger partial charge on any atom is 0.431 e. The van der Waals surface area contributed by atoms with E-state index in [2.05, 4.69) is 0 Å². The smallest absolute Gasteiger partial charge is 0.377 e. The summed E-state index contributed by atoms with van der Waals surface area (Å²) in [7, 11) is 3.61. The lowest BCUT2D eigenvalue weighted by Crippen LogP contribution is -2.30. The maximum absolute atomic E-state index is 12.7. The highest BCUT2D eigenvalue weighted by atomic mass is 19.3. The molecule has 0 saturated heterocycles. The van der Waals surface area contributed by atoms with E-state index < -0.39 is 12.0 Å². The molecule has 0 aliphatic carbocycles. The number of halogens is 3. The van der Waals surface area contributed by atoms with E-state index in [4.69, 9.17) is 0 Å². The molecule has 0 amide bonds. The first kappa shape index (κ1) is 10.6. The van der Waals surface area contributed by atoms with E-state index in [9.17, 15) is 13.2 Å². The van der Waals surface area contributed by atoms with Gasteiger partial charge in [-0.05, 0) is 0 Å². The topological polar surface area (TPSA) is 7.12 Å². The van der Waals surface area contributed by atoms with Gasteiger partial charge in [-0.25, -0.2) is 0 Å². The summed E-state index contributed by atoms with van der Waals surface area (Å²) in [5.74, 6) is -1.55. The molecule has 1 aromatic rings. The van der Waals surface area contributed by atoms with Crippen LogP contribution in [-0.2, 0) is 0 Å². The zero-order valence-electron chi connectivity index (χ0n) is 7.84. The minimum absolute atomic E-state index is 0.725. The van der Waals surface area contributed by atoms with Crippen molar-refractivity contribution in [1.82, 2.24) is 0 Å². The third kappa shape index (κ3) is 2.25. The van der Waals surface area contributed by atoms with Gasteiger partial charge < -0.3 is 4.90 Å². The molecule has 0 aliphatic heterocycles. The van der Waals surface area contributed by atoms with Gasteiger partial charge in [-0.3, -0.25) is 0 Å². The standard InChI is InChI=1S/C9H10F3N2/c1-13(2)7-3-5-14(6-4-7)9(12)8(10)11/h3-6H,1-2H3/q+1. The van der Waals surface area contributed by atoms with E-state index in [-0.39, 0.29) is 0 Å². The van der Waals surface area contributed by atoms with E-state index in [0.717, 1.165) is 10.3 Å². The average molecular weight is 203 g/mol. The van der Waals surface area contributed by atoms with Crippen LogP contribution in [0.3, 0.4) is 0 Å². The van der Waals surface area contributed by atoms with Gasteiger partial charge in [0.15, 0.2) is 12.4 Å². The van der Waals surface area contributed by atoms with Crippen molar-refractivity contribution < 1.29 is 17.7 Å². The molecule has 0 N–H and O–H groups in total. The van der Waals surface area contributed by atoms with Gasteiger partial charge in [0.2, 0.25) is 0 Å². The Balaban J connectivity index is 3.00. The van der Waals surface area contributed by atoms with Gasteiger partial charge in [0.05, 0.1) is 0 Å². The van der Waals surface area contributed by atoms with E-state index in [1.54, 1.807) is 17.0 Å². The predicted octanol–water partition coefficient (Wildman–Crippen LogP) is 2.03. The largest absolute Gasteiger partial charge is 0.431 e. The van der Waals surface area contributed by atoms with Crippen molar-refractivity contribution in [1.29, 1.82) is 0 Å². The van der Waals surface area contributed by atoms with Crippen molar-refractivity contribution in [3.05, 3.63) is 30.6 Å². The molecule has 0 unspecified atom stereocenters. The van der Waals surface area contributed by atoms with Crippen LogP contribution in [0, 0.1) is 0 Å². The minimum atomic E-state index is -2.33. The molecule has 14 heavy (non-hydrogen) atoms.